The maximum Gasteiger partial charge on any atom is 0.313 e. The Kier molecular flexibility index (Phi) is 6.69. The topological polar surface area (TPSA) is 30.9 Å². The van der Waals surface area contributed by atoms with Crippen molar-refractivity contribution < 1.29 is 12.3 Å². The minimum absolute atomic E-state index is 1.29. The second-order valence-corrected chi connectivity index (χ2v) is 21.4. The van der Waals surface area contributed by atoms with Gasteiger partial charge in [0.1, 0.15) is 0 Å². The van der Waals surface area contributed by atoms with Gasteiger partial charge in [-0.3, -0.25) is 0 Å². The molecule has 0 aliphatic heterocycles. The minimum Gasteiger partial charge on any atom is -0.437 e. The number of hydrogen-bond donors (Lipinski definition) is 0. The number of rotatable bonds is 7. The lowest BCUT2D eigenvalue weighted by Crippen LogP contribution is -2.55. The second kappa shape index (κ2) is 6.44. The molecule has 0 fully saturated rings. The van der Waals surface area contributed by atoms with Crippen LogP contribution in [0.25, 0.3) is 0 Å². The molecule has 0 aliphatic carbocycles. The van der Waals surface area contributed by atoms with Crippen LogP contribution in [0.4, 0.5) is 0 Å². The fourth-order valence-corrected chi connectivity index (χ4v) is 17.8. The van der Waals surface area contributed by atoms with Crippen molar-refractivity contribution in [1.29, 1.82) is 0 Å². The van der Waals surface area contributed by atoms with Gasteiger partial charge in [0.25, 0.3) is 0 Å². The monoisotopic (exact) mass is 325 g/mol. The van der Waals surface area contributed by atoms with Gasteiger partial charge in [0.05, 0.1) is 0 Å². The molecular weight excluding hydrogens is 294 g/mol. The van der Waals surface area contributed by atoms with Gasteiger partial charge in [0, 0.05) is 0 Å². The summed E-state index contributed by atoms with van der Waals surface area (Å²) in [7, 11) is -2.86. The smallest absolute Gasteiger partial charge is 0.313 e. The van der Waals surface area contributed by atoms with Crippen molar-refractivity contribution in [2.24, 2.45) is 0 Å². The molecule has 4 nitrogen and oxygen atoms in total. The van der Waals surface area contributed by atoms with E-state index >= 15 is 0 Å². The van der Waals surface area contributed by atoms with Gasteiger partial charge in [0.15, 0.2) is 8.32 Å². The van der Waals surface area contributed by atoms with E-state index in [1.54, 1.807) is 0 Å². The van der Waals surface area contributed by atoms with Gasteiger partial charge in [0.2, 0.25) is 9.20 Å². The third-order valence-corrected chi connectivity index (χ3v) is 15.7. The Balaban J connectivity index is 4.55. The van der Waals surface area contributed by atoms with Crippen molar-refractivity contribution >= 4 is 34.6 Å². The zero-order valence-corrected chi connectivity index (χ0v) is 17.9. The van der Waals surface area contributed by atoms with Crippen LogP contribution in [0.3, 0.4) is 0 Å². The maximum atomic E-state index is 6.30. The predicted octanol–water partition coefficient (Wildman–Crippen LogP) is 2.69. The molecule has 0 radical (unpaired) electrons. The molecule has 1 unspecified atom stereocenters. The van der Waals surface area contributed by atoms with E-state index in [4.69, 9.17) is 12.3 Å². The van der Waals surface area contributed by atoms with E-state index in [1.165, 1.54) is 0 Å². The van der Waals surface area contributed by atoms with E-state index in [9.17, 15) is 0 Å². The Labute approximate surface area is 118 Å². The molecule has 0 aromatic carbocycles. The first-order valence-corrected chi connectivity index (χ1v) is 17.7. The highest BCUT2D eigenvalue weighted by atomic mass is 28.5. The van der Waals surface area contributed by atoms with Gasteiger partial charge >= 0.3 is 17.1 Å². The summed E-state index contributed by atoms with van der Waals surface area (Å²) in [5.41, 5.74) is 0. The van der Waals surface area contributed by atoms with E-state index in [2.05, 4.69) is 71.0 Å². The molecule has 8 heteroatoms. The lowest BCUT2D eigenvalue weighted by atomic mass is 11.3. The number of nitrogens with zero attached hydrogens (tertiary/aromatic N) is 1. The van der Waals surface area contributed by atoms with Gasteiger partial charge in [-0.15, -0.1) is 0 Å². The Morgan fingerprint density at radius 2 is 1.22 bits per heavy atom. The SMILES string of the molecule is CN(C)[SiH](C)O[Si](C)(C)O[Si](C)(C)O[Si](C)(C)C. The highest BCUT2D eigenvalue weighted by molar-refractivity contribution is 6.87. The van der Waals surface area contributed by atoms with Crippen molar-refractivity contribution in [1.82, 2.24) is 4.57 Å². The summed E-state index contributed by atoms with van der Waals surface area (Å²) in [5, 5.41) is 0. The van der Waals surface area contributed by atoms with Crippen LogP contribution >= 0.6 is 0 Å². The standard InChI is InChI=1S/C10H31NO3Si4/c1-11(2)15(3)12-17(7,8)14-18(9,10)13-16(4,5)6/h15H,1-10H3. The summed E-state index contributed by atoms with van der Waals surface area (Å²) in [6, 6.07) is 0. The van der Waals surface area contributed by atoms with Crippen molar-refractivity contribution in [3.8, 4) is 0 Å². The van der Waals surface area contributed by atoms with Crippen molar-refractivity contribution in [3.05, 3.63) is 0 Å². The zero-order chi connectivity index (χ0) is 14.8. The maximum absolute atomic E-state index is 6.30. The molecule has 0 rings (SSSR count). The molecule has 0 amide bonds. The van der Waals surface area contributed by atoms with Crippen molar-refractivity contribution in [2.45, 2.75) is 52.4 Å². The van der Waals surface area contributed by atoms with Crippen LogP contribution in [-0.4, -0.2) is 53.3 Å². The fraction of sp³-hybridized carbons (Fsp3) is 1.00. The van der Waals surface area contributed by atoms with E-state index in [-0.39, 0.29) is 0 Å². The highest BCUT2D eigenvalue weighted by Gasteiger charge is 2.40. The van der Waals surface area contributed by atoms with Crippen LogP contribution in [0.2, 0.25) is 52.4 Å². The quantitative estimate of drug-likeness (QED) is 0.673. The Bertz CT molecular complexity index is 266. The van der Waals surface area contributed by atoms with Crippen LogP contribution in [0, 0.1) is 0 Å². The van der Waals surface area contributed by atoms with Gasteiger partial charge in [-0.25, -0.2) is 0 Å². The lowest BCUT2D eigenvalue weighted by molar-refractivity contribution is 0.322. The van der Waals surface area contributed by atoms with Crippen LogP contribution < -0.4 is 0 Å². The van der Waals surface area contributed by atoms with E-state index in [0.717, 1.165) is 0 Å². The summed E-state index contributed by atoms with van der Waals surface area (Å²) in [6.45, 7) is 17.3. The Hall–Kier alpha value is 0.708. The van der Waals surface area contributed by atoms with Gasteiger partial charge in [-0.2, -0.15) is 0 Å². The van der Waals surface area contributed by atoms with Crippen molar-refractivity contribution in [2.75, 3.05) is 14.1 Å². The average Bonchev–Trinajstić information content (AvgIpc) is 1.93. The second-order valence-electron chi connectivity index (χ2n) is 6.80. The zero-order valence-electron chi connectivity index (χ0n) is 13.7. The molecule has 0 aliphatic rings. The van der Waals surface area contributed by atoms with E-state index in [1.807, 2.05) is 0 Å². The third kappa shape index (κ3) is 8.75. The first kappa shape index (κ1) is 18.7. The normalized spacial score (nSPS) is 16.2. The summed E-state index contributed by atoms with van der Waals surface area (Å²) >= 11 is 0. The van der Waals surface area contributed by atoms with Crippen molar-refractivity contribution in [3.63, 3.8) is 0 Å². The third-order valence-electron chi connectivity index (χ3n) is 2.23. The molecule has 0 aromatic rings. The van der Waals surface area contributed by atoms with Crippen LogP contribution in [-0.2, 0) is 12.3 Å². The molecular formula is C10H31NO3Si4. The highest BCUT2D eigenvalue weighted by Crippen LogP contribution is 2.21. The molecule has 18 heavy (non-hydrogen) atoms. The first-order chi connectivity index (χ1) is 7.74. The van der Waals surface area contributed by atoms with E-state index < -0.39 is 34.6 Å². The Morgan fingerprint density at radius 3 is 1.56 bits per heavy atom. The molecule has 0 aromatic heterocycles. The predicted molar refractivity (Wildman–Crippen MR) is 88.3 cm³/mol. The molecule has 0 heterocycles. The fourth-order valence-electron chi connectivity index (χ4n) is 1.89. The van der Waals surface area contributed by atoms with Crippen LogP contribution in [0.15, 0.2) is 0 Å². The van der Waals surface area contributed by atoms with Gasteiger partial charge < -0.3 is 16.9 Å². The van der Waals surface area contributed by atoms with Gasteiger partial charge in [-0.05, 0) is 66.5 Å². The Morgan fingerprint density at radius 1 is 0.778 bits per heavy atom. The summed E-state index contributed by atoms with van der Waals surface area (Å²) in [5.74, 6) is 0. The number of hydrogen-bond acceptors (Lipinski definition) is 4. The van der Waals surface area contributed by atoms with E-state index in [0.29, 0.717) is 0 Å². The molecule has 1 atom stereocenters. The van der Waals surface area contributed by atoms with Gasteiger partial charge in [-0.1, -0.05) is 0 Å². The molecule has 0 bridgehead atoms. The molecule has 0 saturated carbocycles. The molecule has 110 valence electrons. The summed E-state index contributed by atoms with van der Waals surface area (Å²) < 4.78 is 20.9. The average molecular weight is 326 g/mol. The minimum atomic E-state index is -2.09. The van der Waals surface area contributed by atoms with Crippen LogP contribution in [0.5, 0.6) is 0 Å². The first-order valence-electron chi connectivity index (χ1n) is 6.49. The molecule has 0 saturated heterocycles. The van der Waals surface area contributed by atoms with Crippen LogP contribution in [0.1, 0.15) is 0 Å². The summed E-state index contributed by atoms with van der Waals surface area (Å²) in [6.07, 6.45) is 0. The lowest BCUT2D eigenvalue weighted by Gasteiger charge is -2.38. The molecule has 0 N–H and O–H groups in total. The summed E-state index contributed by atoms with van der Waals surface area (Å²) in [4.78, 5) is 0. The molecule has 0 spiro atoms. The largest absolute Gasteiger partial charge is 0.437 e.